The van der Waals surface area contributed by atoms with Crippen LogP contribution in [0.1, 0.15) is 15.9 Å². The van der Waals surface area contributed by atoms with Gasteiger partial charge in [-0.3, -0.25) is 0 Å². The molecule has 0 aliphatic carbocycles. The Morgan fingerprint density at radius 3 is 2.58 bits per heavy atom. The summed E-state index contributed by atoms with van der Waals surface area (Å²) in [5.74, 6) is -0.167. The lowest BCUT2D eigenvalue weighted by Gasteiger charge is -2.10. The molecule has 98 valence electrons. The minimum absolute atomic E-state index is 0.00698. The summed E-state index contributed by atoms with van der Waals surface area (Å²) in [7, 11) is 1.29. The molecule has 2 aromatic rings. The first-order valence-corrected chi connectivity index (χ1v) is 5.79. The van der Waals surface area contributed by atoms with E-state index in [1.807, 2.05) is 30.3 Å². The average molecular weight is 258 g/mol. The normalized spacial score (nSPS) is 9.95. The summed E-state index contributed by atoms with van der Waals surface area (Å²) in [4.78, 5) is 11.6. The molecule has 0 saturated carbocycles. The second-order valence-electron chi connectivity index (χ2n) is 3.95. The molecule has 19 heavy (non-hydrogen) atoms. The van der Waals surface area contributed by atoms with Crippen LogP contribution in [0.4, 0.5) is 0 Å². The first kappa shape index (κ1) is 13.0. The maximum atomic E-state index is 11.6. The first-order valence-electron chi connectivity index (χ1n) is 5.79. The summed E-state index contributed by atoms with van der Waals surface area (Å²) in [6.07, 6.45) is 0. The molecule has 0 heterocycles. The highest BCUT2D eigenvalue weighted by atomic mass is 16.5. The van der Waals surface area contributed by atoms with E-state index in [1.165, 1.54) is 19.2 Å². The van der Waals surface area contributed by atoms with Gasteiger partial charge in [-0.15, -0.1) is 0 Å². The number of ether oxygens (including phenoxy) is 2. The molecular formula is C15H14O4. The van der Waals surface area contributed by atoms with E-state index in [0.29, 0.717) is 12.4 Å². The van der Waals surface area contributed by atoms with Crippen LogP contribution in [0.3, 0.4) is 0 Å². The Morgan fingerprint density at radius 2 is 1.89 bits per heavy atom. The van der Waals surface area contributed by atoms with Gasteiger partial charge < -0.3 is 14.6 Å². The van der Waals surface area contributed by atoms with Gasteiger partial charge >= 0.3 is 5.97 Å². The number of rotatable bonds is 4. The molecule has 0 fully saturated rings. The third-order valence-electron chi connectivity index (χ3n) is 2.61. The van der Waals surface area contributed by atoms with Crippen molar-refractivity contribution in [3.8, 4) is 11.5 Å². The van der Waals surface area contributed by atoms with Gasteiger partial charge in [0.2, 0.25) is 0 Å². The molecule has 0 amide bonds. The number of carbonyl (C=O) groups excluding carboxylic acids is 1. The fourth-order valence-electron chi connectivity index (χ4n) is 1.65. The monoisotopic (exact) mass is 258 g/mol. The van der Waals surface area contributed by atoms with Gasteiger partial charge in [-0.25, -0.2) is 4.79 Å². The van der Waals surface area contributed by atoms with E-state index in [9.17, 15) is 9.90 Å². The number of esters is 1. The Morgan fingerprint density at radius 1 is 1.16 bits per heavy atom. The maximum Gasteiger partial charge on any atom is 0.341 e. The number of hydrogen-bond donors (Lipinski definition) is 1. The van der Waals surface area contributed by atoms with Crippen molar-refractivity contribution in [1.29, 1.82) is 0 Å². The van der Waals surface area contributed by atoms with Crippen molar-refractivity contribution in [2.45, 2.75) is 6.61 Å². The molecule has 2 aromatic carbocycles. The zero-order valence-electron chi connectivity index (χ0n) is 10.5. The zero-order valence-corrected chi connectivity index (χ0v) is 10.5. The summed E-state index contributed by atoms with van der Waals surface area (Å²) >= 11 is 0. The molecule has 0 aliphatic heterocycles. The lowest BCUT2D eigenvalue weighted by atomic mass is 10.2. The zero-order chi connectivity index (χ0) is 13.7. The number of phenolic OH excluding ortho intramolecular Hbond substituents is 1. The van der Waals surface area contributed by atoms with E-state index in [0.717, 1.165) is 5.56 Å². The summed E-state index contributed by atoms with van der Waals surface area (Å²) in [6, 6.07) is 13.9. The van der Waals surface area contributed by atoms with Crippen LogP contribution in [0, 0.1) is 0 Å². The molecular weight excluding hydrogens is 244 g/mol. The Bertz CT molecular complexity index is 564. The Labute approximate surface area is 111 Å². The molecule has 4 nitrogen and oxygen atoms in total. The first-order chi connectivity index (χ1) is 9.20. The highest BCUT2D eigenvalue weighted by Gasteiger charge is 2.14. The maximum absolute atomic E-state index is 11.6. The number of carbonyl (C=O) groups is 1. The standard InChI is InChI=1S/C15H14O4/c1-18-15(17)13-9-12(16)7-8-14(13)19-10-11-5-3-2-4-6-11/h2-9,16H,10H2,1H3. The average Bonchev–Trinajstić information content (AvgIpc) is 2.46. The van der Waals surface area contributed by atoms with Crippen LogP contribution in [0.15, 0.2) is 48.5 Å². The minimum Gasteiger partial charge on any atom is -0.508 e. The second kappa shape index (κ2) is 5.91. The summed E-state index contributed by atoms with van der Waals surface area (Å²) in [6.45, 7) is 0.343. The molecule has 4 heteroatoms. The molecule has 0 spiro atoms. The van der Waals surface area contributed by atoms with Crippen molar-refractivity contribution < 1.29 is 19.4 Å². The molecule has 1 N–H and O–H groups in total. The number of phenols is 1. The SMILES string of the molecule is COC(=O)c1cc(O)ccc1OCc1ccccc1. The van der Waals surface area contributed by atoms with Crippen LogP contribution >= 0.6 is 0 Å². The topological polar surface area (TPSA) is 55.8 Å². The van der Waals surface area contributed by atoms with E-state index in [-0.39, 0.29) is 11.3 Å². The quantitative estimate of drug-likeness (QED) is 0.857. The van der Waals surface area contributed by atoms with Crippen molar-refractivity contribution >= 4 is 5.97 Å². The fraction of sp³-hybridized carbons (Fsp3) is 0.133. The van der Waals surface area contributed by atoms with Crippen LogP contribution in [-0.2, 0) is 11.3 Å². The Hall–Kier alpha value is -2.49. The lowest BCUT2D eigenvalue weighted by molar-refractivity contribution is 0.0595. The Kier molecular flexibility index (Phi) is 4.03. The summed E-state index contributed by atoms with van der Waals surface area (Å²) < 4.78 is 10.2. The van der Waals surface area contributed by atoms with Gasteiger partial charge in [0.05, 0.1) is 7.11 Å². The van der Waals surface area contributed by atoms with E-state index in [1.54, 1.807) is 6.07 Å². The fourth-order valence-corrected chi connectivity index (χ4v) is 1.65. The lowest BCUT2D eigenvalue weighted by Crippen LogP contribution is -2.05. The van der Waals surface area contributed by atoms with E-state index in [4.69, 9.17) is 4.74 Å². The van der Waals surface area contributed by atoms with Crippen LogP contribution in [0.5, 0.6) is 11.5 Å². The summed E-state index contributed by atoms with van der Waals surface area (Å²) in [5.41, 5.74) is 1.20. The van der Waals surface area contributed by atoms with Gasteiger partial charge in [0.25, 0.3) is 0 Å². The number of methoxy groups -OCH3 is 1. The van der Waals surface area contributed by atoms with Gasteiger partial charge in [-0.2, -0.15) is 0 Å². The smallest absolute Gasteiger partial charge is 0.341 e. The van der Waals surface area contributed by atoms with Gasteiger partial charge in [-0.1, -0.05) is 30.3 Å². The van der Waals surface area contributed by atoms with E-state index < -0.39 is 5.97 Å². The van der Waals surface area contributed by atoms with E-state index in [2.05, 4.69) is 4.74 Å². The van der Waals surface area contributed by atoms with E-state index >= 15 is 0 Å². The Balaban J connectivity index is 2.18. The highest BCUT2D eigenvalue weighted by molar-refractivity contribution is 5.92. The van der Waals surface area contributed by atoms with Gasteiger partial charge in [-0.05, 0) is 23.8 Å². The van der Waals surface area contributed by atoms with Crippen LogP contribution in [0.2, 0.25) is 0 Å². The van der Waals surface area contributed by atoms with Crippen molar-refractivity contribution in [3.63, 3.8) is 0 Å². The third kappa shape index (κ3) is 3.25. The number of benzene rings is 2. The predicted molar refractivity (Wildman–Crippen MR) is 70.2 cm³/mol. The van der Waals surface area contributed by atoms with Crippen molar-refractivity contribution in [2.24, 2.45) is 0 Å². The van der Waals surface area contributed by atoms with Gasteiger partial charge in [0.15, 0.2) is 0 Å². The molecule has 0 radical (unpaired) electrons. The molecule has 0 unspecified atom stereocenters. The molecule has 0 bridgehead atoms. The van der Waals surface area contributed by atoms with Crippen LogP contribution in [-0.4, -0.2) is 18.2 Å². The predicted octanol–water partition coefficient (Wildman–Crippen LogP) is 2.76. The van der Waals surface area contributed by atoms with Crippen molar-refractivity contribution in [1.82, 2.24) is 0 Å². The van der Waals surface area contributed by atoms with Crippen molar-refractivity contribution in [2.75, 3.05) is 7.11 Å². The van der Waals surface area contributed by atoms with Crippen LogP contribution in [0.25, 0.3) is 0 Å². The molecule has 0 saturated heterocycles. The molecule has 0 aliphatic rings. The molecule has 2 rings (SSSR count). The van der Waals surface area contributed by atoms with Gasteiger partial charge in [0, 0.05) is 0 Å². The second-order valence-corrected chi connectivity index (χ2v) is 3.95. The molecule has 0 atom stereocenters. The summed E-state index contributed by atoms with van der Waals surface area (Å²) in [5, 5.41) is 9.40. The number of aromatic hydroxyl groups is 1. The van der Waals surface area contributed by atoms with Gasteiger partial charge in [0.1, 0.15) is 23.7 Å². The molecule has 0 aromatic heterocycles. The highest BCUT2D eigenvalue weighted by Crippen LogP contribution is 2.25. The van der Waals surface area contributed by atoms with Crippen molar-refractivity contribution in [3.05, 3.63) is 59.7 Å². The largest absolute Gasteiger partial charge is 0.508 e. The van der Waals surface area contributed by atoms with Crippen LogP contribution < -0.4 is 4.74 Å². The minimum atomic E-state index is -0.543. The number of hydrogen-bond acceptors (Lipinski definition) is 4. The third-order valence-corrected chi connectivity index (χ3v) is 2.61.